The zero-order valence-electron chi connectivity index (χ0n) is 13.5. The average molecular weight is 314 g/mol. The van der Waals surface area contributed by atoms with Crippen LogP contribution in [-0.2, 0) is 0 Å². The van der Waals surface area contributed by atoms with Gasteiger partial charge in [-0.05, 0) is 38.5 Å². The molecule has 1 aliphatic heterocycles. The first-order valence-corrected chi connectivity index (χ1v) is 8.19. The molecule has 0 radical (unpaired) electrons. The predicted octanol–water partition coefficient (Wildman–Crippen LogP) is 1.13. The van der Waals surface area contributed by atoms with Crippen LogP contribution in [0.3, 0.4) is 0 Å². The van der Waals surface area contributed by atoms with Crippen molar-refractivity contribution in [3.63, 3.8) is 0 Å². The monoisotopic (exact) mass is 314 g/mol. The maximum absolute atomic E-state index is 10.5. The minimum atomic E-state index is -0.359. The van der Waals surface area contributed by atoms with Crippen LogP contribution in [0.1, 0.15) is 30.3 Å². The molecule has 7 nitrogen and oxygen atoms in total. The number of aromatic nitrogens is 5. The third kappa shape index (κ3) is 2.59. The van der Waals surface area contributed by atoms with E-state index in [4.69, 9.17) is 0 Å². The van der Waals surface area contributed by atoms with Gasteiger partial charge in [0.2, 0.25) is 0 Å². The van der Waals surface area contributed by atoms with E-state index < -0.39 is 0 Å². The van der Waals surface area contributed by atoms with Gasteiger partial charge in [-0.3, -0.25) is 4.98 Å². The highest BCUT2D eigenvalue weighted by atomic mass is 16.3. The lowest BCUT2D eigenvalue weighted by Crippen LogP contribution is -2.36. The first-order valence-electron chi connectivity index (χ1n) is 8.19. The summed E-state index contributed by atoms with van der Waals surface area (Å²) in [5.74, 6) is 2.05. The lowest BCUT2D eigenvalue weighted by Gasteiger charge is -2.34. The lowest BCUT2D eigenvalue weighted by atomic mass is 9.77. The van der Waals surface area contributed by atoms with Crippen LogP contribution in [0, 0.1) is 25.7 Å². The molecule has 23 heavy (non-hydrogen) atoms. The van der Waals surface area contributed by atoms with Gasteiger partial charge in [0.05, 0.1) is 23.5 Å². The Balaban J connectivity index is 1.54. The fraction of sp³-hybridized carbons (Fsp3) is 0.625. The van der Waals surface area contributed by atoms with Gasteiger partial charge in [-0.25, -0.2) is 14.6 Å². The number of aliphatic hydroxyl groups is 1. The minimum absolute atomic E-state index is 0.0309. The number of aryl methyl sites for hydroxylation is 2. The predicted molar refractivity (Wildman–Crippen MR) is 85.0 cm³/mol. The summed E-state index contributed by atoms with van der Waals surface area (Å²) < 4.78 is 1.81. The third-order valence-corrected chi connectivity index (χ3v) is 5.24. The van der Waals surface area contributed by atoms with E-state index in [2.05, 4.69) is 25.0 Å². The Morgan fingerprint density at radius 3 is 2.70 bits per heavy atom. The van der Waals surface area contributed by atoms with E-state index in [9.17, 15) is 5.11 Å². The zero-order valence-corrected chi connectivity index (χ0v) is 13.5. The van der Waals surface area contributed by atoms with Crippen LogP contribution < -0.4 is 4.90 Å². The first kappa shape index (κ1) is 14.6. The van der Waals surface area contributed by atoms with Gasteiger partial charge in [-0.1, -0.05) is 0 Å². The van der Waals surface area contributed by atoms with Crippen molar-refractivity contribution in [2.45, 2.75) is 38.8 Å². The summed E-state index contributed by atoms with van der Waals surface area (Å²) in [5.41, 5.74) is 1.92. The van der Waals surface area contributed by atoms with Gasteiger partial charge in [0.25, 0.3) is 0 Å². The van der Waals surface area contributed by atoms with E-state index in [1.54, 1.807) is 11.0 Å². The van der Waals surface area contributed by atoms with E-state index in [1.165, 1.54) is 6.33 Å². The number of aliphatic hydroxyl groups excluding tert-OH is 1. The van der Waals surface area contributed by atoms with Gasteiger partial charge in [-0.2, -0.15) is 5.10 Å². The second kappa shape index (κ2) is 5.56. The highest BCUT2D eigenvalue weighted by Crippen LogP contribution is 2.42. The quantitative estimate of drug-likeness (QED) is 0.895. The van der Waals surface area contributed by atoms with Crippen LogP contribution in [0.15, 0.2) is 18.9 Å². The van der Waals surface area contributed by atoms with Crippen LogP contribution in [0.25, 0.3) is 0 Å². The van der Waals surface area contributed by atoms with Gasteiger partial charge >= 0.3 is 0 Å². The topological polar surface area (TPSA) is 80.0 Å². The van der Waals surface area contributed by atoms with Gasteiger partial charge < -0.3 is 10.0 Å². The van der Waals surface area contributed by atoms with Crippen LogP contribution >= 0.6 is 0 Å². The zero-order chi connectivity index (χ0) is 16.0. The fourth-order valence-corrected chi connectivity index (χ4v) is 4.08. The molecule has 2 fully saturated rings. The molecule has 1 saturated carbocycles. The summed E-state index contributed by atoms with van der Waals surface area (Å²) in [5, 5.41) is 14.7. The number of hydrogen-bond donors (Lipinski definition) is 1. The van der Waals surface area contributed by atoms with Gasteiger partial charge in [0.15, 0.2) is 0 Å². The molecule has 0 bridgehead atoms. The van der Waals surface area contributed by atoms with Gasteiger partial charge in [0.1, 0.15) is 18.5 Å². The average Bonchev–Trinajstić information content (AvgIpc) is 3.17. The number of anilines is 1. The fourth-order valence-electron chi connectivity index (χ4n) is 4.08. The van der Waals surface area contributed by atoms with E-state index in [1.807, 2.05) is 20.0 Å². The molecule has 2 aromatic rings. The molecule has 2 aliphatic rings. The van der Waals surface area contributed by atoms with Crippen LogP contribution in [-0.4, -0.2) is 49.0 Å². The molecule has 0 spiro atoms. The van der Waals surface area contributed by atoms with Crippen molar-refractivity contribution in [3.05, 3.63) is 30.2 Å². The standard InChI is InChI=1S/C16H22N6O/c1-10-5-18-11(2)16(20-10)21-6-12-3-14(22-9-17-8-19-22)15(23)4-13(12)7-21/h5,8-9,12-15,23H,3-4,6-7H2,1-2H3/t12-,13+,14-,15-/m1/s1. The van der Waals surface area contributed by atoms with Crippen molar-refractivity contribution < 1.29 is 5.11 Å². The SMILES string of the molecule is Cc1cnc(C)c(N2C[C@H]3C[C@@H](n4cncn4)[C@H](O)C[C@H]3C2)n1. The van der Waals surface area contributed by atoms with E-state index in [0.29, 0.717) is 11.8 Å². The highest BCUT2D eigenvalue weighted by molar-refractivity contribution is 5.44. The van der Waals surface area contributed by atoms with Gasteiger partial charge in [0, 0.05) is 19.3 Å². The second-order valence-corrected chi connectivity index (χ2v) is 6.83. The largest absolute Gasteiger partial charge is 0.391 e. The summed E-state index contributed by atoms with van der Waals surface area (Å²) in [6.45, 7) is 5.91. The minimum Gasteiger partial charge on any atom is -0.391 e. The molecule has 0 amide bonds. The van der Waals surface area contributed by atoms with Crippen LogP contribution in [0.5, 0.6) is 0 Å². The summed E-state index contributed by atoms with van der Waals surface area (Å²) in [7, 11) is 0. The Bertz CT molecular complexity index is 688. The van der Waals surface area contributed by atoms with Crippen molar-refractivity contribution in [3.8, 4) is 0 Å². The molecule has 122 valence electrons. The van der Waals surface area contributed by atoms with Crippen molar-refractivity contribution in [1.82, 2.24) is 24.7 Å². The Hall–Kier alpha value is -2.02. The number of hydrogen-bond acceptors (Lipinski definition) is 6. The molecule has 0 aromatic carbocycles. The van der Waals surface area contributed by atoms with Crippen molar-refractivity contribution >= 4 is 5.82 Å². The number of nitrogens with zero attached hydrogens (tertiary/aromatic N) is 6. The highest BCUT2D eigenvalue weighted by Gasteiger charge is 2.43. The Labute approximate surface area is 135 Å². The Morgan fingerprint density at radius 1 is 1.17 bits per heavy atom. The molecule has 4 atom stereocenters. The summed E-state index contributed by atoms with van der Waals surface area (Å²) in [6, 6.07) is 0.0309. The maximum atomic E-state index is 10.5. The summed E-state index contributed by atoms with van der Waals surface area (Å²) >= 11 is 0. The molecule has 1 aliphatic carbocycles. The second-order valence-electron chi connectivity index (χ2n) is 6.83. The molecule has 1 saturated heterocycles. The smallest absolute Gasteiger partial charge is 0.150 e. The van der Waals surface area contributed by atoms with Gasteiger partial charge in [-0.15, -0.1) is 0 Å². The molecular weight excluding hydrogens is 292 g/mol. The van der Waals surface area contributed by atoms with E-state index >= 15 is 0 Å². The van der Waals surface area contributed by atoms with E-state index in [0.717, 1.165) is 43.1 Å². The third-order valence-electron chi connectivity index (χ3n) is 5.24. The Morgan fingerprint density at radius 2 is 1.96 bits per heavy atom. The molecule has 0 unspecified atom stereocenters. The number of rotatable bonds is 2. The van der Waals surface area contributed by atoms with E-state index in [-0.39, 0.29) is 12.1 Å². The Kier molecular flexibility index (Phi) is 3.52. The summed E-state index contributed by atoms with van der Waals surface area (Å²) in [6.07, 6.45) is 6.44. The van der Waals surface area contributed by atoms with Crippen molar-refractivity contribution in [2.24, 2.45) is 11.8 Å². The molecule has 1 N–H and O–H groups in total. The first-order chi connectivity index (χ1) is 11.1. The van der Waals surface area contributed by atoms with Crippen LogP contribution in [0.2, 0.25) is 0 Å². The molecular formula is C16H22N6O. The normalized spacial score (nSPS) is 30.5. The lowest BCUT2D eigenvalue weighted by molar-refractivity contribution is 0.0305. The maximum Gasteiger partial charge on any atom is 0.150 e. The molecule has 4 rings (SSSR count). The van der Waals surface area contributed by atoms with Crippen LogP contribution in [0.4, 0.5) is 5.82 Å². The molecule has 7 heteroatoms. The summed E-state index contributed by atoms with van der Waals surface area (Å²) in [4.78, 5) is 15.5. The van der Waals surface area contributed by atoms with Crippen molar-refractivity contribution in [1.29, 1.82) is 0 Å². The number of fused-ring (bicyclic) bond motifs is 1. The molecule has 2 aromatic heterocycles. The van der Waals surface area contributed by atoms with Crippen molar-refractivity contribution in [2.75, 3.05) is 18.0 Å². The molecule has 3 heterocycles.